The summed E-state index contributed by atoms with van der Waals surface area (Å²) in [6.45, 7) is 5.30. The molecule has 0 aromatic heterocycles. The molecule has 0 unspecified atom stereocenters. The maximum Gasteiger partial charge on any atom is 0.322 e. The van der Waals surface area contributed by atoms with Gasteiger partial charge < -0.3 is 19.9 Å². The molecule has 1 aliphatic heterocycles. The molecule has 26 heavy (non-hydrogen) atoms. The third-order valence-corrected chi connectivity index (χ3v) is 4.81. The van der Waals surface area contributed by atoms with E-state index in [1.165, 1.54) is 0 Å². The lowest BCUT2D eigenvalue weighted by molar-refractivity contribution is 0.208. The molecule has 0 atom stereocenters. The summed E-state index contributed by atoms with van der Waals surface area (Å²) >= 11 is 12.1. The minimum Gasteiger partial charge on any atom is -0.492 e. The van der Waals surface area contributed by atoms with E-state index in [1.807, 2.05) is 31.2 Å². The van der Waals surface area contributed by atoms with E-state index < -0.39 is 0 Å². The molecule has 2 aromatic rings. The molecule has 1 N–H and O–H groups in total. The zero-order valence-corrected chi connectivity index (χ0v) is 16.1. The molecule has 1 aliphatic rings. The Morgan fingerprint density at radius 3 is 2.58 bits per heavy atom. The highest BCUT2D eigenvalue weighted by Gasteiger charge is 2.23. The van der Waals surface area contributed by atoms with Gasteiger partial charge in [-0.1, -0.05) is 35.3 Å². The largest absolute Gasteiger partial charge is 0.492 e. The third-order valence-electron chi connectivity index (χ3n) is 4.24. The number of rotatable bonds is 4. The summed E-state index contributed by atoms with van der Waals surface area (Å²) in [6.07, 6.45) is 0. The molecule has 0 aliphatic carbocycles. The first-order valence-electron chi connectivity index (χ1n) is 8.56. The number of hydrogen-bond acceptors (Lipinski definition) is 3. The molecule has 0 spiro atoms. The summed E-state index contributed by atoms with van der Waals surface area (Å²) in [4.78, 5) is 16.5. The standard InChI is InChI=1S/C19H21Cl2N3O2/c1-2-26-18-6-4-3-5-17(18)23-9-11-24(12-10-23)19(25)22-16-13-14(20)7-8-15(16)21/h3-8,13H,2,9-12H2,1H3,(H,22,25). The molecule has 7 heteroatoms. The van der Waals surface area contributed by atoms with E-state index >= 15 is 0 Å². The number of carbonyl (C=O) groups is 1. The third kappa shape index (κ3) is 4.34. The first-order chi connectivity index (χ1) is 12.6. The highest BCUT2D eigenvalue weighted by atomic mass is 35.5. The number of hydrogen-bond donors (Lipinski definition) is 1. The highest BCUT2D eigenvalue weighted by molar-refractivity contribution is 6.35. The highest BCUT2D eigenvalue weighted by Crippen LogP contribution is 2.29. The molecule has 1 heterocycles. The van der Waals surface area contributed by atoms with Gasteiger partial charge in [0.2, 0.25) is 0 Å². The predicted molar refractivity (Wildman–Crippen MR) is 107 cm³/mol. The van der Waals surface area contributed by atoms with Crippen LogP contribution in [0.4, 0.5) is 16.2 Å². The SMILES string of the molecule is CCOc1ccccc1N1CCN(C(=O)Nc2cc(Cl)ccc2Cl)CC1. The topological polar surface area (TPSA) is 44.8 Å². The van der Waals surface area contributed by atoms with Crippen LogP contribution in [0.2, 0.25) is 10.0 Å². The Balaban J connectivity index is 1.61. The number of nitrogens with one attached hydrogen (secondary N) is 1. The van der Waals surface area contributed by atoms with Gasteiger partial charge in [0.1, 0.15) is 5.75 Å². The fraction of sp³-hybridized carbons (Fsp3) is 0.316. The lowest BCUT2D eigenvalue weighted by atomic mass is 10.2. The molecule has 0 radical (unpaired) electrons. The van der Waals surface area contributed by atoms with Crippen LogP contribution in [0.15, 0.2) is 42.5 Å². The number of urea groups is 1. The molecule has 0 bridgehead atoms. The minimum absolute atomic E-state index is 0.174. The van der Waals surface area contributed by atoms with Crippen LogP contribution < -0.4 is 15.0 Å². The summed E-state index contributed by atoms with van der Waals surface area (Å²) in [5.41, 5.74) is 1.58. The normalized spacial score (nSPS) is 14.3. The van der Waals surface area contributed by atoms with E-state index in [9.17, 15) is 4.79 Å². The van der Waals surface area contributed by atoms with Crippen molar-refractivity contribution in [2.75, 3.05) is 43.0 Å². The maximum absolute atomic E-state index is 12.5. The van der Waals surface area contributed by atoms with Crippen molar-refractivity contribution in [1.82, 2.24) is 4.90 Å². The first kappa shape index (κ1) is 18.7. The summed E-state index contributed by atoms with van der Waals surface area (Å²) in [7, 11) is 0. The van der Waals surface area contributed by atoms with Crippen LogP contribution in [0.3, 0.4) is 0 Å². The number of carbonyl (C=O) groups excluding carboxylic acids is 1. The summed E-state index contributed by atoms with van der Waals surface area (Å²) in [5, 5.41) is 3.83. The van der Waals surface area contributed by atoms with Crippen LogP contribution in [0, 0.1) is 0 Å². The van der Waals surface area contributed by atoms with Crippen molar-refractivity contribution < 1.29 is 9.53 Å². The second-order valence-corrected chi connectivity index (χ2v) is 6.77. The molecular formula is C19H21Cl2N3O2. The quantitative estimate of drug-likeness (QED) is 0.814. The van der Waals surface area contributed by atoms with E-state index in [0.717, 1.165) is 24.5 Å². The number of nitrogens with zero attached hydrogens (tertiary/aromatic N) is 2. The molecule has 138 valence electrons. The van der Waals surface area contributed by atoms with Gasteiger partial charge >= 0.3 is 6.03 Å². The van der Waals surface area contributed by atoms with Crippen molar-refractivity contribution in [2.24, 2.45) is 0 Å². The van der Waals surface area contributed by atoms with Gasteiger partial charge in [0.05, 0.1) is 23.0 Å². The number of piperazine rings is 1. The monoisotopic (exact) mass is 393 g/mol. The summed E-state index contributed by atoms with van der Waals surface area (Å²) in [6, 6.07) is 12.8. The zero-order valence-electron chi connectivity index (χ0n) is 14.5. The fourth-order valence-electron chi connectivity index (χ4n) is 2.93. The van der Waals surface area contributed by atoms with Crippen molar-refractivity contribution in [3.63, 3.8) is 0 Å². The van der Waals surface area contributed by atoms with Crippen LogP contribution in [0.1, 0.15) is 6.92 Å². The van der Waals surface area contributed by atoms with Crippen LogP contribution in [0.5, 0.6) is 5.75 Å². The summed E-state index contributed by atoms with van der Waals surface area (Å²) in [5.74, 6) is 0.874. The molecule has 1 fully saturated rings. The second kappa shape index (κ2) is 8.52. The Morgan fingerprint density at radius 2 is 1.85 bits per heavy atom. The Kier molecular flexibility index (Phi) is 6.12. The number of para-hydroxylation sites is 2. The number of amides is 2. The van der Waals surface area contributed by atoms with Crippen molar-refractivity contribution in [3.05, 3.63) is 52.5 Å². The Morgan fingerprint density at radius 1 is 1.12 bits per heavy atom. The lowest BCUT2D eigenvalue weighted by Gasteiger charge is -2.36. The van der Waals surface area contributed by atoms with Gasteiger partial charge in [0.25, 0.3) is 0 Å². The van der Waals surface area contributed by atoms with Crippen molar-refractivity contribution in [3.8, 4) is 5.75 Å². The molecule has 0 saturated carbocycles. The molecule has 2 aromatic carbocycles. The molecule has 3 rings (SSSR count). The van der Waals surface area contributed by atoms with Crippen LogP contribution in [0.25, 0.3) is 0 Å². The number of anilines is 2. The Labute approximate surface area is 163 Å². The second-order valence-electron chi connectivity index (χ2n) is 5.93. The Bertz CT molecular complexity index is 777. The van der Waals surface area contributed by atoms with Crippen molar-refractivity contribution in [2.45, 2.75) is 6.92 Å². The van der Waals surface area contributed by atoms with E-state index in [2.05, 4.69) is 10.2 Å². The van der Waals surface area contributed by atoms with Gasteiger partial charge in [-0.3, -0.25) is 0 Å². The van der Waals surface area contributed by atoms with E-state index in [1.54, 1.807) is 23.1 Å². The van der Waals surface area contributed by atoms with Crippen LogP contribution in [-0.2, 0) is 0 Å². The van der Waals surface area contributed by atoms with Crippen LogP contribution >= 0.6 is 23.2 Å². The smallest absolute Gasteiger partial charge is 0.322 e. The Hall–Kier alpha value is -2.11. The van der Waals surface area contributed by atoms with Crippen molar-refractivity contribution >= 4 is 40.6 Å². The van der Waals surface area contributed by atoms with Gasteiger partial charge in [0, 0.05) is 31.2 Å². The molecule has 1 saturated heterocycles. The van der Waals surface area contributed by atoms with Gasteiger partial charge in [-0.05, 0) is 37.3 Å². The van der Waals surface area contributed by atoms with Gasteiger partial charge in [-0.2, -0.15) is 0 Å². The van der Waals surface area contributed by atoms with Gasteiger partial charge in [0.15, 0.2) is 0 Å². The molecular weight excluding hydrogens is 373 g/mol. The zero-order chi connectivity index (χ0) is 18.5. The number of benzene rings is 2. The average Bonchev–Trinajstić information content (AvgIpc) is 2.65. The van der Waals surface area contributed by atoms with Gasteiger partial charge in [-0.15, -0.1) is 0 Å². The van der Waals surface area contributed by atoms with E-state index in [-0.39, 0.29) is 6.03 Å². The number of halogens is 2. The number of ether oxygens (including phenoxy) is 1. The van der Waals surface area contributed by atoms with Crippen LogP contribution in [-0.4, -0.2) is 43.7 Å². The maximum atomic E-state index is 12.5. The molecule has 5 nitrogen and oxygen atoms in total. The minimum atomic E-state index is -0.174. The van der Waals surface area contributed by atoms with E-state index in [4.69, 9.17) is 27.9 Å². The summed E-state index contributed by atoms with van der Waals surface area (Å²) < 4.78 is 5.71. The first-order valence-corrected chi connectivity index (χ1v) is 9.32. The predicted octanol–water partition coefficient (Wildman–Crippen LogP) is 4.75. The molecule has 2 amide bonds. The van der Waals surface area contributed by atoms with Gasteiger partial charge in [-0.25, -0.2) is 4.79 Å². The average molecular weight is 394 g/mol. The fourth-order valence-corrected chi connectivity index (χ4v) is 3.27. The van der Waals surface area contributed by atoms with Crippen molar-refractivity contribution in [1.29, 1.82) is 0 Å². The lowest BCUT2D eigenvalue weighted by Crippen LogP contribution is -2.50. The van der Waals surface area contributed by atoms with E-state index in [0.29, 0.717) is 35.4 Å².